The summed E-state index contributed by atoms with van der Waals surface area (Å²) in [6, 6.07) is 7.72. The van der Waals surface area contributed by atoms with E-state index in [9.17, 15) is 26.4 Å². The number of amides is 1. The van der Waals surface area contributed by atoms with Gasteiger partial charge in [0.05, 0.1) is 0 Å². The van der Waals surface area contributed by atoms with Gasteiger partial charge in [-0.2, -0.15) is 0 Å². The Hall–Kier alpha value is -2.59. The van der Waals surface area contributed by atoms with Crippen molar-refractivity contribution in [3.63, 3.8) is 0 Å². The molecule has 134 valence electrons. The molecule has 0 fully saturated rings. The molecule has 2 N–H and O–H groups in total. The average molecular weight is 374 g/mol. The number of hydrogen-bond donors (Lipinski definition) is 2. The highest BCUT2D eigenvalue weighted by atomic mass is 32.2. The summed E-state index contributed by atoms with van der Waals surface area (Å²) in [5.74, 6) is -5.86. The third kappa shape index (κ3) is 4.70. The van der Waals surface area contributed by atoms with Crippen LogP contribution in [0, 0.1) is 24.4 Å². The zero-order valence-corrected chi connectivity index (χ0v) is 13.7. The molecular formula is C15H13F3N2O4S. The number of carbonyl (C=O) groups excluding carboxylic acids is 1. The molecule has 0 saturated heterocycles. The minimum atomic E-state index is -4.63. The first-order valence-corrected chi connectivity index (χ1v) is 8.32. The van der Waals surface area contributed by atoms with Crippen LogP contribution in [0.15, 0.2) is 41.3 Å². The summed E-state index contributed by atoms with van der Waals surface area (Å²) in [4.78, 5) is 12.0. The molecule has 0 heterocycles. The maximum absolute atomic E-state index is 13.5. The standard InChI is InChI=1S/C15H13F3N2O4S/c1-9-2-4-10(5-3-9)24-8-13(21)19-20-25(22,23)12-7-6-11(16)14(17)15(12)18/h2-7,20H,8H2,1H3,(H,19,21). The summed E-state index contributed by atoms with van der Waals surface area (Å²) in [6.45, 7) is 1.34. The number of hydrazine groups is 1. The van der Waals surface area contributed by atoms with Crippen molar-refractivity contribution >= 4 is 15.9 Å². The number of ether oxygens (including phenoxy) is 1. The van der Waals surface area contributed by atoms with E-state index in [4.69, 9.17) is 4.74 Å². The minimum Gasteiger partial charge on any atom is -0.484 e. The van der Waals surface area contributed by atoms with Crippen molar-refractivity contribution in [2.45, 2.75) is 11.8 Å². The Labute approximate surface area is 141 Å². The van der Waals surface area contributed by atoms with Crippen molar-refractivity contribution in [1.82, 2.24) is 10.3 Å². The number of carbonyl (C=O) groups is 1. The zero-order chi connectivity index (χ0) is 18.6. The predicted molar refractivity (Wildman–Crippen MR) is 81.5 cm³/mol. The van der Waals surface area contributed by atoms with Crippen LogP contribution in [0.3, 0.4) is 0 Å². The van der Waals surface area contributed by atoms with E-state index in [1.54, 1.807) is 34.5 Å². The molecule has 0 saturated carbocycles. The number of rotatable bonds is 6. The summed E-state index contributed by atoms with van der Waals surface area (Å²) < 4.78 is 68.2. The average Bonchev–Trinajstić information content (AvgIpc) is 2.57. The molecule has 0 aliphatic carbocycles. The van der Waals surface area contributed by atoms with Gasteiger partial charge >= 0.3 is 0 Å². The van der Waals surface area contributed by atoms with Gasteiger partial charge in [0, 0.05) is 0 Å². The van der Waals surface area contributed by atoms with Gasteiger partial charge in [-0.05, 0) is 31.2 Å². The van der Waals surface area contributed by atoms with Crippen molar-refractivity contribution in [3.05, 3.63) is 59.4 Å². The quantitative estimate of drug-likeness (QED) is 0.597. The lowest BCUT2D eigenvalue weighted by Gasteiger charge is -2.10. The number of aryl methyl sites for hydroxylation is 1. The first-order valence-electron chi connectivity index (χ1n) is 6.84. The molecule has 0 aromatic heterocycles. The maximum atomic E-state index is 13.5. The molecule has 0 unspecified atom stereocenters. The zero-order valence-electron chi connectivity index (χ0n) is 12.8. The molecular weight excluding hydrogens is 361 g/mol. The first kappa shape index (κ1) is 18.7. The normalized spacial score (nSPS) is 11.2. The highest BCUT2D eigenvalue weighted by molar-refractivity contribution is 7.89. The molecule has 0 bridgehead atoms. The van der Waals surface area contributed by atoms with Crippen LogP contribution in [0.5, 0.6) is 5.75 Å². The summed E-state index contributed by atoms with van der Waals surface area (Å²) in [6.07, 6.45) is 0. The minimum absolute atomic E-state index is 0.384. The van der Waals surface area contributed by atoms with E-state index >= 15 is 0 Å². The van der Waals surface area contributed by atoms with Crippen LogP contribution in [-0.4, -0.2) is 20.9 Å². The number of benzene rings is 2. The maximum Gasteiger partial charge on any atom is 0.272 e. The number of hydrogen-bond acceptors (Lipinski definition) is 4. The Balaban J connectivity index is 1.96. The lowest BCUT2D eigenvalue weighted by molar-refractivity contribution is -0.123. The van der Waals surface area contributed by atoms with Crippen molar-refractivity contribution in [2.24, 2.45) is 0 Å². The fourth-order valence-electron chi connectivity index (χ4n) is 1.71. The molecule has 0 radical (unpaired) electrons. The lowest BCUT2D eigenvalue weighted by Crippen LogP contribution is -2.44. The van der Waals surface area contributed by atoms with Gasteiger partial charge in [-0.15, -0.1) is 4.83 Å². The Morgan fingerprint density at radius 2 is 1.68 bits per heavy atom. The van der Waals surface area contributed by atoms with Gasteiger partial charge < -0.3 is 4.74 Å². The second-order valence-corrected chi connectivity index (χ2v) is 6.58. The van der Waals surface area contributed by atoms with Crippen molar-refractivity contribution in [3.8, 4) is 5.75 Å². The SMILES string of the molecule is Cc1ccc(OCC(=O)NNS(=O)(=O)c2ccc(F)c(F)c2F)cc1. The van der Waals surface area contributed by atoms with Gasteiger partial charge in [0.15, 0.2) is 24.1 Å². The number of halogens is 3. The van der Waals surface area contributed by atoms with Gasteiger partial charge in [-0.3, -0.25) is 10.2 Å². The Kier molecular flexibility index (Phi) is 5.65. The molecule has 2 aromatic rings. The van der Waals surface area contributed by atoms with E-state index in [0.717, 1.165) is 5.56 Å². The van der Waals surface area contributed by atoms with Crippen LogP contribution in [0.2, 0.25) is 0 Å². The van der Waals surface area contributed by atoms with Crippen LogP contribution >= 0.6 is 0 Å². The highest BCUT2D eigenvalue weighted by Crippen LogP contribution is 2.19. The summed E-state index contributed by atoms with van der Waals surface area (Å²) in [5.41, 5.74) is 2.76. The van der Waals surface area contributed by atoms with E-state index in [-0.39, 0.29) is 0 Å². The van der Waals surface area contributed by atoms with Crippen molar-refractivity contribution in [1.29, 1.82) is 0 Å². The van der Waals surface area contributed by atoms with E-state index in [1.807, 2.05) is 6.92 Å². The molecule has 1 amide bonds. The third-order valence-electron chi connectivity index (χ3n) is 3.00. The van der Waals surface area contributed by atoms with Gasteiger partial charge in [-0.1, -0.05) is 17.7 Å². The predicted octanol–water partition coefficient (Wildman–Crippen LogP) is 1.80. The molecule has 0 aliphatic rings. The largest absolute Gasteiger partial charge is 0.484 e. The number of sulfonamides is 1. The van der Waals surface area contributed by atoms with Crippen LogP contribution < -0.4 is 15.0 Å². The monoisotopic (exact) mass is 374 g/mol. The summed E-state index contributed by atoms with van der Waals surface area (Å²) >= 11 is 0. The fourth-order valence-corrected chi connectivity index (χ4v) is 2.65. The lowest BCUT2D eigenvalue weighted by atomic mass is 10.2. The molecule has 0 spiro atoms. The van der Waals surface area contributed by atoms with Crippen LogP contribution in [0.4, 0.5) is 13.2 Å². The molecule has 2 aromatic carbocycles. The van der Waals surface area contributed by atoms with Crippen molar-refractivity contribution in [2.75, 3.05) is 6.61 Å². The summed E-state index contributed by atoms with van der Waals surface area (Å²) in [5, 5.41) is 0. The Morgan fingerprint density at radius 1 is 1.04 bits per heavy atom. The first-order chi connectivity index (χ1) is 11.7. The third-order valence-corrected chi connectivity index (χ3v) is 4.27. The van der Waals surface area contributed by atoms with Crippen LogP contribution in [0.1, 0.15) is 5.56 Å². The topological polar surface area (TPSA) is 84.5 Å². The molecule has 0 atom stereocenters. The van der Waals surface area contributed by atoms with E-state index < -0.39 is 44.9 Å². The smallest absolute Gasteiger partial charge is 0.272 e. The second-order valence-electron chi connectivity index (χ2n) is 4.93. The van der Waals surface area contributed by atoms with E-state index in [2.05, 4.69) is 0 Å². The number of nitrogens with one attached hydrogen (secondary N) is 2. The Morgan fingerprint density at radius 3 is 2.32 bits per heavy atom. The van der Waals surface area contributed by atoms with Crippen LogP contribution in [-0.2, 0) is 14.8 Å². The van der Waals surface area contributed by atoms with Gasteiger partial charge in [-0.25, -0.2) is 21.6 Å². The van der Waals surface area contributed by atoms with Crippen LogP contribution in [0.25, 0.3) is 0 Å². The van der Waals surface area contributed by atoms with E-state index in [0.29, 0.717) is 17.9 Å². The van der Waals surface area contributed by atoms with E-state index in [1.165, 1.54) is 0 Å². The molecule has 25 heavy (non-hydrogen) atoms. The Bertz CT molecular complexity index is 886. The molecule has 10 heteroatoms. The summed E-state index contributed by atoms with van der Waals surface area (Å²) in [7, 11) is -4.63. The fraction of sp³-hybridized carbons (Fsp3) is 0.133. The van der Waals surface area contributed by atoms with Gasteiger partial charge in [0.1, 0.15) is 10.6 Å². The molecule has 2 rings (SSSR count). The van der Waals surface area contributed by atoms with Crippen molar-refractivity contribution < 1.29 is 31.1 Å². The van der Waals surface area contributed by atoms with Gasteiger partial charge in [0.25, 0.3) is 15.9 Å². The molecule has 6 nitrogen and oxygen atoms in total. The highest BCUT2D eigenvalue weighted by Gasteiger charge is 2.24. The van der Waals surface area contributed by atoms with Gasteiger partial charge in [0.2, 0.25) is 0 Å². The second kappa shape index (κ2) is 7.53. The molecule has 0 aliphatic heterocycles.